The van der Waals surface area contributed by atoms with E-state index in [1.807, 2.05) is 23.9 Å². The Morgan fingerprint density at radius 1 is 0.614 bits per heavy atom. The largest absolute Gasteiger partial charge is 0.396 e. The summed E-state index contributed by atoms with van der Waals surface area (Å²) in [6, 6.07) is 17.0. The molecule has 4 aromatic carbocycles. The summed E-state index contributed by atoms with van der Waals surface area (Å²) in [4.78, 5) is 51.5. The van der Waals surface area contributed by atoms with Crippen molar-refractivity contribution in [3.63, 3.8) is 0 Å². The van der Waals surface area contributed by atoms with Crippen molar-refractivity contribution in [3.8, 4) is 0 Å². The normalized spacial score (nSPS) is 23.0. The monoisotopic (exact) mass is 1230 g/mol. The maximum absolute atomic E-state index is 16.8. The average Bonchev–Trinajstić information content (AvgIpc) is 1.59. The van der Waals surface area contributed by atoms with Gasteiger partial charge >= 0.3 is 0 Å². The minimum Gasteiger partial charge on any atom is -0.396 e. The summed E-state index contributed by atoms with van der Waals surface area (Å²) in [6.45, 7) is -0.304. The number of hydrogen-bond acceptors (Lipinski definition) is 13. The third kappa shape index (κ3) is 11.1. The first-order chi connectivity index (χ1) is 40.9. The summed E-state index contributed by atoms with van der Waals surface area (Å²) in [5.41, 5.74) is -12.7. The van der Waals surface area contributed by atoms with Crippen LogP contribution in [0.25, 0.3) is 0 Å². The Labute approximate surface area is 504 Å². The predicted molar refractivity (Wildman–Crippen MR) is 305 cm³/mol. The fourth-order valence-corrected chi connectivity index (χ4v) is 12.5. The standard InChI is InChI=1S/C31H34Cl2F2N4O4.C29H30Cl2F2N4O3/c1-3-30(42,29(35)9-11-38(2)12-10-29)21-15-24-27(25(34)16-21)31(43-14-4-13-40,20-5-7-22(32)8-6-20)39(28(24)41)19-26-36-17-23(33)18-37-26;1-4-28(39,27(33)9-11-36(2)12-10-27)19-13-22-25(23(32)14-19)29(40-3,18-5-7-20(30)8-6-18)37(26(22)38)17-24-34-15-21(31)16-35-24/h5-8,15-18,40,42H,3-4,9-14,19H2,1-2H3;5-8,13-16,39H,4,9-12,17H2,1-3H3/t30?,31-;28?,29-/m10/s1/i4D2,13D2;. The molecule has 2 saturated heterocycles. The lowest BCUT2D eigenvalue weighted by atomic mass is 9.71. The van der Waals surface area contributed by atoms with Crippen molar-refractivity contribution in [2.24, 2.45) is 0 Å². The van der Waals surface area contributed by atoms with Crippen molar-refractivity contribution in [2.45, 2.75) is 106 Å². The highest BCUT2D eigenvalue weighted by atomic mass is 35.5. The molecule has 23 heteroatoms. The number of benzene rings is 4. The maximum atomic E-state index is 16.8. The highest BCUT2D eigenvalue weighted by Crippen LogP contribution is 2.54. The van der Waals surface area contributed by atoms with Gasteiger partial charge in [0.2, 0.25) is 0 Å². The number of rotatable bonds is 17. The van der Waals surface area contributed by atoms with Gasteiger partial charge in [-0.1, -0.05) is 84.5 Å². The zero-order valence-corrected chi connectivity index (χ0v) is 49.0. The number of piperidine rings is 2. The number of aliphatic hydroxyl groups is 3. The number of alkyl halides is 2. The molecule has 6 heterocycles. The van der Waals surface area contributed by atoms with Crippen LogP contribution in [0.15, 0.2) is 97.6 Å². The van der Waals surface area contributed by atoms with Gasteiger partial charge in [0.15, 0.2) is 11.4 Å². The van der Waals surface area contributed by atoms with Crippen LogP contribution in [0, 0.1) is 11.6 Å². The van der Waals surface area contributed by atoms with Crippen molar-refractivity contribution in [3.05, 3.63) is 185 Å². The molecule has 0 aliphatic carbocycles. The number of amides is 2. The van der Waals surface area contributed by atoms with Gasteiger partial charge < -0.3 is 34.6 Å². The molecule has 2 fully saturated rings. The van der Waals surface area contributed by atoms with Gasteiger partial charge in [0.05, 0.1) is 54.7 Å². The molecule has 15 nitrogen and oxygen atoms in total. The van der Waals surface area contributed by atoms with E-state index in [1.54, 1.807) is 38.1 Å². The van der Waals surface area contributed by atoms with Crippen LogP contribution in [0.3, 0.4) is 0 Å². The summed E-state index contributed by atoms with van der Waals surface area (Å²) in [5.74, 6) is -3.02. The summed E-state index contributed by atoms with van der Waals surface area (Å²) in [6.07, 6.45) is 2.27. The maximum Gasteiger partial charge on any atom is 0.257 e. The van der Waals surface area contributed by atoms with Gasteiger partial charge in [-0.2, -0.15) is 0 Å². The Kier molecular flexibility index (Phi) is 16.7. The van der Waals surface area contributed by atoms with E-state index in [2.05, 4.69) is 19.9 Å². The van der Waals surface area contributed by atoms with Crippen molar-refractivity contribution in [2.75, 3.05) is 60.6 Å². The number of halogens is 8. The predicted octanol–water partition coefficient (Wildman–Crippen LogP) is 10.7. The van der Waals surface area contributed by atoms with Crippen LogP contribution in [0.2, 0.25) is 20.1 Å². The number of hydrogen-bond donors (Lipinski definition) is 3. The third-order valence-electron chi connectivity index (χ3n) is 16.7. The molecule has 4 atom stereocenters. The molecular formula is C60H64Cl4F4N8O7. The smallest absolute Gasteiger partial charge is 0.257 e. The van der Waals surface area contributed by atoms with Crippen LogP contribution in [0.1, 0.15) is 130 Å². The quantitative estimate of drug-likeness (QED) is 0.0736. The molecule has 6 aromatic rings. The summed E-state index contributed by atoms with van der Waals surface area (Å²) in [7, 11) is 5.09. The molecule has 3 N–H and O–H groups in total. The van der Waals surface area contributed by atoms with Crippen LogP contribution in [0.4, 0.5) is 17.6 Å². The first-order valence-corrected chi connectivity index (χ1v) is 28.3. The van der Waals surface area contributed by atoms with Gasteiger partial charge in [0.25, 0.3) is 11.8 Å². The fourth-order valence-electron chi connectivity index (χ4n) is 12.1. The Hall–Kier alpha value is -5.42. The van der Waals surface area contributed by atoms with Gasteiger partial charge in [0.1, 0.15) is 45.8 Å². The molecule has 0 saturated carbocycles. The molecule has 10 rings (SSSR count). The van der Waals surface area contributed by atoms with Gasteiger partial charge in [-0.05, 0) is 119 Å². The van der Waals surface area contributed by atoms with E-state index in [0.717, 1.165) is 17.0 Å². The number of likely N-dealkylation sites (tertiary alicyclic amines) is 2. The van der Waals surface area contributed by atoms with Gasteiger partial charge in [-0.3, -0.25) is 19.4 Å². The average molecular weight is 1230 g/mol. The number of methoxy groups -OCH3 is 1. The molecule has 0 bridgehead atoms. The summed E-state index contributed by atoms with van der Waals surface area (Å²) in [5, 5.41) is 34.9. The molecule has 2 aromatic heterocycles. The minimum atomic E-state index is -3.40. The lowest BCUT2D eigenvalue weighted by Gasteiger charge is -2.46. The number of carbonyl (C=O) groups excluding carboxylic acids is 2. The van der Waals surface area contributed by atoms with Crippen LogP contribution < -0.4 is 0 Å². The molecule has 2 amide bonds. The zero-order valence-electron chi connectivity index (χ0n) is 50.0. The second kappa shape index (κ2) is 24.5. The van der Waals surface area contributed by atoms with Gasteiger partial charge in [-0.25, -0.2) is 37.5 Å². The highest BCUT2D eigenvalue weighted by molar-refractivity contribution is 6.31. The lowest BCUT2D eigenvalue weighted by Crippen LogP contribution is -2.54. The van der Waals surface area contributed by atoms with Gasteiger partial charge in [-0.15, -0.1) is 0 Å². The van der Waals surface area contributed by atoms with Crippen LogP contribution in [0.5, 0.6) is 0 Å². The topological polar surface area (TPSA) is 178 Å². The van der Waals surface area contributed by atoms with E-state index in [1.165, 1.54) is 73.2 Å². The number of fused-ring (bicyclic) bond motifs is 2. The third-order valence-corrected chi connectivity index (χ3v) is 17.6. The molecule has 83 heavy (non-hydrogen) atoms. The molecule has 442 valence electrons. The van der Waals surface area contributed by atoms with E-state index in [-0.39, 0.29) is 100 Å². The van der Waals surface area contributed by atoms with Crippen LogP contribution >= 0.6 is 46.4 Å². The first kappa shape index (κ1) is 56.7. The molecule has 4 aliphatic rings. The Morgan fingerprint density at radius 3 is 1.34 bits per heavy atom. The van der Waals surface area contributed by atoms with E-state index < -0.39 is 89.1 Å². The van der Waals surface area contributed by atoms with Crippen LogP contribution in [-0.2, 0) is 45.2 Å². The van der Waals surface area contributed by atoms with E-state index in [0.29, 0.717) is 41.8 Å². The Bertz CT molecular complexity index is 3520. The summed E-state index contributed by atoms with van der Waals surface area (Å²) >= 11 is 24.2. The fraction of sp³-hybridized carbons (Fsp3) is 0.433. The number of ether oxygens (including phenoxy) is 2. The van der Waals surface area contributed by atoms with Crippen molar-refractivity contribution in [1.29, 1.82) is 0 Å². The first-order valence-electron chi connectivity index (χ1n) is 28.8. The van der Waals surface area contributed by atoms with Gasteiger partial charge in [0, 0.05) is 88.5 Å². The second-order valence-electron chi connectivity index (χ2n) is 21.2. The number of nitrogens with zero attached hydrogens (tertiary/aromatic N) is 8. The highest BCUT2D eigenvalue weighted by Gasteiger charge is 2.59. The second-order valence-corrected chi connectivity index (χ2v) is 23.0. The van der Waals surface area contributed by atoms with Crippen molar-refractivity contribution in [1.82, 2.24) is 39.5 Å². The molecule has 0 radical (unpaired) electrons. The molecule has 0 spiro atoms. The Balaban J connectivity index is 0.000000210. The summed E-state index contributed by atoms with van der Waals surface area (Å²) < 4.78 is 110. The number of carbonyl (C=O) groups is 2. The minimum absolute atomic E-state index is 0.00539. The van der Waals surface area contributed by atoms with E-state index in [4.69, 9.17) is 61.4 Å². The lowest BCUT2D eigenvalue weighted by molar-refractivity contribution is -0.136. The molecule has 2 unspecified atom stereocenters. The van der Waals surface area contributed by atoms with E-state index in [9.17, 15) is 24.9 Å². The SMILES string of the molecule is CCC(O)(c1cc(F)c2c(c1)C(=O)N(Cc1ncc(Cl)cn1)[C@]2(OC)c1ccc(Cl)cc1)C1(F)CCN(C)CC1.[2H]C([2H])(O)C([2H])([2H])CO[C@]1(c2ccc(Cl)cc2)c2c(F)cc(C(O)(CC)C3(F)CCN(C)CC3)cc2C(=O)N1Cc1ncc(Cl)cn1. The van der Waals surface area contributed by atoms with Crippen LogP contribution in [-0.4, -0.2) is 139 Å². The van der Waals surface area contributed by atoms with Crippen molar-refractivity contribution >= 4 is 58.2 Å². The molecule has 4 aliphatic heterocycles. The van der Waals surface area contributed by atoms with E-state index >= 15 is 17.6 Å². The van der Waals surface area contributed by atoms with Crippen molar-refractivity contribution < 1.29 is 57.4 Å². The number of aromatic nitrogens is 4. The Morgan fingerprint density at radius 2 is 0.976 bits per heavy atom. The molecular weight excluding hydrogens is 1160 g/mol. The zero-order chi connectivity index (χ0) is 63.5.